The van der Waals surface area contributed by atoms with Gasteiger partial charge in [0.2, 0.25) is 0 Å². The van der Waals surface area contributed by atoms with Crippen molar-refractivity contribution in [3.63, 3.8) is 0 Å². The highest BCUT2D eigenvalue weighted by atomic mass is 16.3. The fourth-order valence-corrected chi connectivity index (χ4v) is 7.57. The van der Waals surface area contributed by atoms with E-state index in [-0.39, 0.29) is 0 Å². The molecule has 0 fully saturated rings. The normalized spacial score (nSPS) is 11.7. The van der Waals surface area contributed by atoms with Crippen LogP contribution in [0.3, 0.4) is 0 Å². The van der Waals surface area contributed by atoms with Crippen LogP contribution in [0, 0.1) is 13.8 Å². The van der Waals surface area contributed by atoms with E-state index in [0.29, 0.717) is 17.5 Å². The van der Waals surface area contributed by atoms with E-state index >= 15 is 0 Å². The smallest absolute Gasteiger partial charge is 0.167 e. The molecular formula is C47H31N3O. The molecular weight excluding hydrogens is 623 g/mol. The zero-order valence-electron chi connectivity index (χ0n) is 28.2. The largest absolute Gasteiger partial charge is 0.455 e. The van der Waals surface area contributed by atoms with Gasteiger partial charge in [0.25, 0.3) is 0 Å². The Morgan fingerprint density at radius 3 is 1.63 bits per heavy atom. The fourth-order valence-electron chi connectivity index (χ4n) is 7.57. The first kappa shape index (κ1) is 29.3. The van der Waals surface area contributed by atoms with Crippen molar-refractivity contribution in [2.24, 2.45) is 0 Å². The number of rotatable bonds is 4. The van der Waals surface area contributed by atoms with Crippen molar-refractivity contribution in [2.45, 2.75) is 13.8 Å². The quantitative estimate of drug-likeness (QED) is 0.177. The van der Waals surface area contributed by atoms with E-state index in [1.165, 1.54) is 43.4 Å². The molecule has 8 aromatic carbocycles. The van der Waals surface area contributed by atoms with E-state index in [1.54, 1.807) is 0 Å². The van der Waals surface area contributed by atoms with Crippen LogP contribution in [0.1, 0.15) is 11.1 Å². The number of hydrogen-bond donors (Lipinski definition) is 0. The Balaban J connectivity index is 1.15. The first-order valence-electron chi connectivity index (χ1n) is 17.3. The van der Waals surface area contributed by atoms with Gasteiger partial charge < -0.3 is 4.42 Å². The molecule has 0 aliphatic carbocycles. The summed E-state index contributed by atoms with van der Waals surface area (Å²) < 4.78 is 6.64. The Morgan fingerprint density at radius 1 is 0.373 bits per heavy atom. The molecule has 0 saturated heterocycles. The van der Waals surface area contributed by atoms with E-state index < -0.39 is 0 Å². The Bertz CT molecular complexity index is 2960. The van der Waals surface area contributed by atoms with Crippen LogP contribution in [0.25, 0.3) is 99.5 Å². The van der Waals surface area contributed by atoms with Crippen molar-refractivity contribution >= 4 is 54.3 Å². The topological polar surface area (TPSA) is 51.8 Å². The van der Waals surface area contributed by atoms with Gasteiger partial charge >= 0.3 is 0 Å². The van der Waals surface area contributed by atoms with Gasteiger partial charge in [0, 0.05) is 21.9 Å². The number of hydrogen-bond acceptors (Lipinski definition) is 4. The number of nitrogens with zero attached hydrogens (tertiary/aromatic N) is 3. The summed E-state index contributed by atoms with van der Waals surface area (Å²) in [6.07, 6.45) is 0. The molecule has 0 amide bonds. The molecule has 0 N–H and O–H groups in total. The van der Waals surface area contributed by atoms with Crippen LogP contribution in [0.5, 0.6) is 0 Å². The van der Waals surface area contributed by atoms with Crippen molar-refractivity contribution in [3.8, 4) is 45.3 Å². The first-order valence-corrected chi connectivity index (χ1v) is 17.3. The van der Waals surface area contributed by atoms with Gasteiger partial charge in [0.15, 0.2) is 17.5 Å². The standard InChI is InChI=1S/C47H31N3O/c1-28-12-10-19-33(29(28)2)46-48-45(30-13-4-3-5-14-30)49-47(50-46)40-21-11-20-39-42-27-32(23-25-43(42)51-44(39)40)31-22-24-38-36-17-7-6-15-34(36)35-16-8-9-18-37(35)41(38)26-31/h3-27H,1-2H3. The summed E-state index contributed by atoms with van der Waals surface area (Å²) in [4.78, 5) is 15.1. The summed E-state index contributed by atoms with van der Waals surface area (Å²) in [5, 5.41) is 9.69. The second kappa shape index (κ2) is 11.5. The molecule has 0 spiro atoms. The maximum absolute atomic E-state index is 6.64. The minimum absolute atomic E-state index is 0.582. The van der Waals surface area contributed by atoms with Crippen LogP contribution < -0.4 is 0 Å². The van der Waals surface area contributed by atoms with Crippen LogP contribution in [0.15, 0.2) is 156 Å². The Hall–Kier alpha value is -6.65. The molecule has 2 aromatic heterocycles. The van der Waals surface area contributed by atoms with Crippen LogP contribution in [-0.4, -0.2) is 15.0 Å². The van der Waals surface area contributed by atoms with Gasteiger partial charge in [-0.15, -0.1) is 0 Å². The second-order valence-electron chi connectivity index (χ2n) is 13.3. The maximum Gasteiger partial charge on any atom is 0.167 e. The zero-order chi connectivity index (χ0) is 34.1. The Morgan fingerprint density at radius 2 is 0.902 bits per heavy atom. The highest BCUT2D eigenvalue weighted by Gasteiger charge is 2.19. The monoisotopic (exact) mass is 653 g/mol. The third-order valence-electron chi connectivity index (χ3n) is 10.3. The first-order chi connectivity index (χ1) is 25.1. The molecule has 51 heavy (non-hydrogen) atoms. The number of fused-ring (bicyclic) bond motifs is 9. The lowest BCUT2D eigenvalue weighted by Gasteiger charge is -2.12. The number of para-hydroxylation sites is 1. The molecule has 2 heterocycles. The molecule has 0 aliphatic heterocycles. The lowest BCUT2D eigenvalue weighted by atomic mass is 9.92. The molecule has 4 nitrogen and oxygen atoms in total. The van der Waals surface area contributed by atoms with Gasteiger partial charge in [-0.05, 0) is 92.7 Å². The number of aryl methyl sites for hydroxylation is 1. The predicted octanol–water partition coefficient (Wildman–Crippen LogP) is 12.5. The van der Waals surface area contributed by atoms with Crippen LogP contribution in [0.2, 0.25) is 0 Å². The van der Waals surface area contributed by atoms with Crippen molar-refractivity contribution in [1.82, 2.24) is 15.0 Å². The zero-order valence-corrected chi connectivity index (χ0v) is 28.2. The average Bonchev–Trinajstić information content (AvgIpc) is 3.57. The Labute approximate surface area is 294 Å². The summed E-state index contributed by atoms with van der Waals surface area (Å²) in [5.41, 5.74) is 9.00. The second-order valence-corrected chi connectivity index (χ2v) is 13.3. The van der Waals surface area contributed by atoms with E-state index in [0.717, 1.165) is 49.8 Å². The van der Waals surface area contributed by atoms with Crippen LogP contribution in [-0.2, 0) is 0 Å². The maximum atomic E-state index is 6.64. The lowest BCUT2D eigenvalue weighted by Crippen LogP contribution is -2.01. The number of furan rings is 1. The lowest BCUT2D eigenvalue weighted by molar-refractivity contribution is 0.669. The van der Waals surface area contributed by atoms with E-state index in [9.17, 15) is 0 Å². The van der Waals surface area contributed by atoms with Gasteiger partial charge in [-0.2, -0.15) is 0 Å². The summed E-state index contributed by atoms with van der Waals surface area (Å²) in [6.45, 7) is 4.23. The molecule has 0 atom stereocenters. The summed E-state index contributed by atoms with van der Waals surface area (Å²) in [6, 6.07) is 53.3. The minimum Gasteiger partial charge on any atom is -0.455 e. The third-order valence-corrected chi connectivity index (χ3v) is 10.3. The summed E-state index contributed by atoms with van der Waals surface area (Å²) >= 11 is 0. The highest BCUT2D eigenvalue weighted by molar-refractivity contribution is 6.25. The van der Waals surface area contributed by atoms with Crippen LogP contribution in [0.4, 0.5) is 0 Å². The molecule has 240 valence electrons. The van der Waals surface area contributed by atoms with Gasteiger partial charge in [-0.1, -0.05) is 127 Å². The minimum atomic E-state index is 0.582. The molecule has 10 rings (SSSR count). The van der Waals surface area contributed by atoms with E-state index in [2.05, 4.69) is 129 Å². The molecule has 0 bridgehead atoms. The molecule has 4 heteroatoms. The SMILES string of the molecule is Cc1cccc(-c2nc(-c3ccccc3)nc(-c3cccc4c3oc3ccc(-c5ccc6c7ccccc7c7ccccc7c6c5)cc34)n2)c1C. The average molecular weight is 654 g/mol. The van der Waals surface area contributed by atoms with Crippen molar-refractivity contribution in [1.29, 1.82) is 0 Å². The van der Waals surface area contributed by atoms with Crippen LogP contribution >= 0.6 is 0 Å². The van der Waals surface area contributed by atoms with E-state index in [4.69, 9.17) is 19.4 Å². The summed E-state index contributed by atoms with van der Waals surface area (Å²) in [5.74, 6) is 1.86. The van der Waals surface area contributed by atoms with Crippen molar-refractivity contribution in [3.05, 3.63) is 163 Å². The molecule has 0 unspecified atom stereocenters. The molecule has 10 aromatic rings. The van der Waals surface area contributed by atoms with Crippen molar-refractivity contribution < 1.29 is 4.42 Å². The number of aromatic nitrogens is 3. The Kier molecular flexibility index (Phi) is 6.58. The van der Waals surface area contributed by atoms with Gasteiger partial charge in [0.05, 0.1) is 5.56 Å². The van der Waals surface area contributed by atoms with Gasteiger partial charge in [-0.25, -0.2) is 15.0 Å². The number of benzene rings is 8. The molecule has 0 aliphatic rings. The molecule has 0 saturated carbocycles. The summed E-state index contributed by atoms with van der Waals surface area (Å²) in [7, 11) is 0. The fraction of sp³-hybridized carbons (Fsp3) is 0.0426. The van der Waals surface area contributed by atoms with Crippen molar-refractivity contribution in [2.75, 3.05) is 0 Å². The third kappa shape index (κ3) is 4.72. The van der Waals surface area contributed by atoms with Gasteiger partial charge in [0.1, 0.15) is 11.2 Å². The highest BCUT2D eigenvalue weighted by Crippen LogP contribution is 2.40. The van der Waals surface area contributed by atoms with Gasteiger partial charge in [-0.3, -0.25) is 0 Å². The molecule has 0 radical (unpaired) electrons. The predicted molar refractivity (Wildman–Crippen MR) is 211 cm³/mol. The van der Waals surface area contributed by atoms with E-state index in [1.807, 2.05) is 36.4 Å².